The number of nitrogens with two attached hydrogens (primary N) is 1. The number of nitrogen functional groups attached to an aromatic ring is 1. The summed E-state index contributed by atoms with van der Waals surface area (Å²) < 4.78 is 11.4. The number of para-hydroxylation sites is 1. The molecule has 21 heavy (non-hydrogen) atoms. The van der Waals surface area contributed by atoms with Crippen LogP contribution in [0.1, 0.15) is 17.3 Å². The van der Waals surface area contributed by atoms with Crippen LogP contribution in [0.15, 0.2) is 30.3 Å². The highest BCUT2D eigenvalue weighted by Crippen LogP contribution is 2.20. The number of hydrogen-bond donors (Lipinski definition) is 3. The fraction of sp³-hybridized carbons (Fsp3) is 0.286. The molecule has 2 aromatic rings. The standard InChI is InChI=1S/C14H18N4O2S/c1-2-21(20)8-7-16-14(19)11-9-13(18-15)17-12-6-4-3-5-10(11)12/h3-6,9H,2,7-8,15H2,1H3,(H,16,19)(H,17,18). The van der Waals surface area contributed by atoms with Crippen LogP contribution >= 0.6 is 0 Å². The second kappa shape index (κ2) is 7.14. The molecule has 0 saturated heterocycles. The summed E-state index contributed by atoms with van der Waals surface area (Å²) in [6, 6.07) is 8.96. The lowest BCUT2D eigenvalue weighted by Crippen LogP contribution is -2.28. The average Bonchev–Trinajstić information content (AvgIpc) is 2.53. The van der Waals surface area contributed by atoms with Gasteiger partial charge in [0.15, 0.2) is 0 Å². The Bertz CT molecular complexity index is 675. The summed E-state index contributed by atoms with van der Waals surface area (Å²) in [7, 11) is -0.892. The van der Waals surface area contributed by atoms with Crippen LogP contribution in [0.3, 0.4) is 0 Å². The van der Waals surface area contributed by atoms with Crippen molar-refractivity contribution < 1.29 is 9.00 Å². The number of carbonyl (C=O) groups excluding carboxylic acids is 1. The molecule has 1 unspecified atom stereocenters. The molecule has 1 aromatic carbocycles. The minimum absolute atomic E-state index is 0.224. The van der Waals surface area contributed by atoms with Gasteiger partial charge in [-0.05, 0) is 12.1 Å². The van der Waals surface area contributed by atoms with E-state index in [1.807, 2.05) is 31.2 Å². The number of benzene rings is 1. The number of aromatic nitrogens is 1. The minimum Gasteiger partial charge on any atom is -0.351 e. The molecule has 4 N–H and O–H groups in total. The van der Waals surface area contributed by atoms with E-state index in [-0.39, 0.29) is 5.91 Å². The van der Waals surface area contributed by atoms with E-state index in [1.54, 1.807) is 6.07 Å². The van der Waals surface area contributed by atoms with E-state index < -0.39 is 10.8 Å². The highest BCUT2D eigenvalue weighted by Gasteiger charge is 2.12. The van der Waals surface area contributed by atoms with Crippen molar-refractivity contribution in [3.05, 3.63) is 35.9 Å². The number of carbonyl (C=O) groups is 1. The molecule has 0 fully saturated rings. The number of nitrogens with one attached hydrogen (secondary N) is 2. The third-order valence-corrected chi connectivity index (χ3v) is 4.35. The topological polar surface area (TPSA) is 97.1 Å². The van der Waals surface area contributed by atoms with Crippen molar-refractivity contribution in [3.8, 4) is 0 Å². The minimum atomic E-state index is -0.892. The van der Waals surface area contributed by atoms with Crippen LogP contribution in [0.5, 0.6) is 0 Å². The Hall–Kier alpha value is -1.99. The predicted octanol–water partition coefficient (Wildman–Crippen LogP) is 1.02. The molecule has 1 heterocycles. The molecule has 0 aliphatic rings. The fourth-order valence-corrected chi connectivity index (χ4v) is 2.57. The Morgan fingerprint density at radius 3 is 2.86 bits per heavy atom. The molecule has 1 aromatic heterocycles. The van der Waals surface area contributed by atoms with Crippen molar-refractivity contribution in [2.75, 3.05) is 23.5 Å². The summed E-state index contributed by atoms with van der Waals surface area (Å²) in [5.74, 6) is 6.63. The van der Waals surface area contributed by atoms with E-state index in [2.05, 4.69) is 15.7 Å². The van der Waals surface area contributed by atoms with Gasteiger partial charge >= 0.3 is 0 Å². The van der Waals surface area contributed by atoms with Crippen LogP contribution < -0.4 is 16.6 Å². The second-order valence-corrected chi connectivity index (χ2v) is 6.27. The lowest BCUT2D eigenvalue weighted by atomic mass is 10.1. The number of nitrogens with zero attached hydrogens (tertiary/aromatic N) is 1. The van der Waals surface area contributed by atoms with E-state index in [1.165, 1.54) is 0 Å². The molecule has 7 heteroatoms. The third kappa shape index (κ3) is 3.77. The Balaban J connectivity index is 2.23. The quantitative estimate of drug-likeness (QED) is 0.547. The van der Waals surface area contributed by atoms with Gasteiger partial charge in [-0.3, -0.25) is 9.00 Å². The Labute approximate surface area is 125 Å². The zero-order chi connectivity index (χ0) is 15.2. The average molecular weight is 306 g/mol. The SMILES string of the molecule is CCS(=O)CCNC(=O)c1cc(NN)nc2ccccc12. The van der Waals surface area contributed by atoms with Crippen LogP contribution in [-0.2, 0) is 10.8 Å². The highest BCUT2D eigenvalue weighted by molar-refractivity contribution is 7.84. The summed E-state index contributed by atoms with van der Waals surface area (Å²) in [5, 5.41) is 3.53. The first-order chi connectivity index (χ1) is 10.2. The van der Waals surface area contributed by atoms with E-state index >= 15 is 0 Å². The van der Waals surface area contributed by atoms with E-state index in [0.717, 1.165) is 5.39 Å². The van der Waals surface area contributed by atoms with Crippen LogP contribution in [0.4, 0.5) is 5.82 Å². The lowest BCUT2D eigenvalue weighted by Gasteiger charge is -2.09. The van der Waals surface area contributed by atoms with Gasteiger partial charge in [-0.2, -0.15) is 0 Å². The number of pyridine rings is 1. The Kier molecular flexibility index (Phi) is 5.24. The van der Waals surface area contributed by atoms with Gasteiger partial charge in [0.25, 0.3) is 5.91 Å². The number of anilines is 1. The maximum atomic E-state index is 12.3. The van der Waals surface area contributed by atoms with Crippen molar-refractivity contribution in [1.29, 1.82) is 0 Å². The molecular formula is C14H18N4O2S. The van der Waals surface area contributed by atoms with Gasteiger partial charge in [0.2, 0.25) is 0 Å². The van der Waals surface area contributed by atoms with Gasteiger partial charge in [-0.1, -0.05) is 25.1 Å². The Morgan fingerprint density at radius 1 is 1.38 bits per heavy atom. The molecule has 0 aliphatic carbocycles. The van der Waals surface area contributed by atoms with Gasteiger partial charge in [-0.25, -0.2) is 10.8 Å². The number of hydrogen-bond acceptors (Lipinski definition) is 5. The van der Waals surface area contributed by atoms with E-state index in [4.69, 9.17) is 5.84 Å². The van der Waals surface area contributed by atoms with Gasteiger partial charge in [0.1, 0.15) is 5.82 Å². The van der Waals surface area contributed by atoms with E-state index in [0.29, 0.717) is 34.9 Å². The summed E-state index contributed by atoms with van der Waals surface area (Å²) in [6.07, 6.45) is 0. The van der Waals surface area contributed by atoms with Crippen LogP contribution in [0, 0.1) is 0 Å². The molecule has 1 atom stereocenters. The zero-order valence-electron chi connectivity index (χ0n) is 11.8. The highest BCUT2D eigenvalue weighted by atomic mass is 32.2. The number of hydrazine groups is 1. The first-order valence-electron chi connectivity index (χ1n) is 6.65. The molecule has 112 valence electrons. The van der Waals surface area contributed by atoms with Crippen molar-refractivity contribution in [2.24, 2.45) is 5.84 Å². The van der Waals surface area contributed by atoms with Crippen molar-refractivity contribution >= 4 is 33.4 Å². The largest absolute Gasteiger partial charge is 0.351 e. The first kappa shape index (κ1) is 15.4. The fourth-order valence-electron chi connectivity index (χ4n) is 1.96. The van der Waals surface area contributed by atoms with Gasteiger partial charge in [0, 0.05) is 34.2 Å². The number of rotatable bonds is 6. The molecule has 2 rings (SSSR count). The van der Waals surface area contributed by atoms with Gasteiger partial charge in [0.05, 0.1) is 11.1 Å². The number of amides is 1. The van der Waals surface area contributed by atoms with Crippen molar-refractivity contribution in [2.45, 2.75) is 6.92 Å². The first-order valence-corrected chi connectivity index (χ1v) is 8.14. The lowest BCUT2D eigenvalue weighted by molar-refractivity contribution is 0.0958. The van der Waals surface area contributed by atoms with E-state index in [9.17, 15) is 9.00 Å². The maximum Gasteiger partial charge on any atom is 0.252 e. The summed E-state index contributed by atoms with van der Waals surface area (Å²) in [5.41, 5.74) is 3.64. The molecule has 0 saturated carbocycles. The number of fused-ring (bicyclic) bond motifs is 1. The molecule has 1 amide bonds. The predicted molar refractivity (Wildman–Crippen MR) is 85.4 cm³/mol. The molecule has 6 nitrogen and oxygen atoms in total. The molecular weight excluding hydrogens is 288 g/mol. The third-order valence-electron chi connectivity index (χ3n) is 3.05. The monoisotopic (exact) mass is 306 g/mol. The van der Waals surface area contributed by atoms with Crippen LogP contribution in [0.2, 0.25) is 0 Å². The second-order valence-electron chi connectivity index (χ2n) is 4.41. The molecule has 0 bridgehead atoms. The normalized spacial score (nSPS) is 12.1. The zero-order valence-corrected chi connectivity index (χ0v) is 12.6. The smallest absolute Gasteiger partial charge is 0.252 e. The van der Waals surface area contributed by atoms with Crippen molar-refractivity contribution in [1.82, 2.24) is 10.3 Å². The van der Waals surface area contributed by atoms with Gasteiger partial charge < -0.3 is 10.7 Å². The van der Waals surface area contributed by atoms with Gasteiger partial charge in [-0.15, -0.1) is 0 Å². The Morgan fingerprint density at radius 2 is 2.14 bits per heavy atom. The summed E-state index contributed by atoms with van der Waals surface area (Å²) >= 11 is 0. The summed E-state index contributed by atoms with van der Waals surface area (Å²) in [4.78, 5) is 16.6. The van der Waals surface area contributed by atoms with Crippen LogP contribution in [0.25, 0.3) is 10.9 Å². The van der Waals surface area contributed by atoms with Crippen LogP contribution in [-0.4, -0.2) is 33.2 Å². The molecule has 0 radical (unpaired) electrons. The van der Waals surface area contributed by atoms with Crippen molar-refractivity contribution in [3.63, 3.8) is 0 Å². The molecule has 0 aliphatic heterocycles. The molecule has 0 spiro atoms. The summed E-state index contributed by atoms with van der Waals surface area (Å²) in [6.45, 7) is 2.23. The maximum absolute atomic E-state index is 12.3.